The number of likely N-dealkylation sites (N-methyl/N-ethyl adjacent to an activating group) is 1. The molecule has 3 aromatic carbocycles. The van der Waals surface area contributed by atoms with E-state index in [1.54, 1.807) is 7.11 Å². The Morgan fingerprint density at radius 3 is 2.48 bits per heavy atom. The van der Waals surface area contributed by atoms with Crippen molar-refractivity contribution in [3.63, 3.8) is 0 Å². The van der Waals surface area contributed by atoms with Crippen LogP contribution in [0.25, 0.3) is 10.8 Å². The van der Waals surface area contributed by atoms with Gasteiger partial charge >= 0.3 is 6.09 Å². The number of methoxy groups -OCH3 is 1. The summed E-state index contributed by atoms with van der Waals surface area (Å²) in [6, 6.07) is 18.6. The summed E-state index contributed by atoms with van der Waals surface area (Å²) in [4.78, 5) is 28.0. The zero-order chi connectivity index (χ0) is 29.8. The molecule has 1 aliphatic rings. The summed E-state index contributed by atoms with van der Waals surface area (Å²) in [5.74, 6) is -1.39. The number of hydrogen-bond acceptors (Lipinski definition) is 6. The maximum atomic E-state index is 14.6. The number of fused-ring (bicyclic) bond motifs is 3. The fourth-order valence-electron chi connectivity index (χ4n) is 5.38. The minimum absolute atomic E-state index is 0.0664. The fraction of sp³-hybridized carbons (Fsp3) is 0.312. The maximum Gasteiger partial charge on any atom is 0.407 e. The van der Waals surface area contributed by atoms with Crippen molar-refractivity contribution in [1.29, 1.82) is 0 Å². The third-order valence-electron chi connectivity index (χ3n) is 7.83. The molecule has 2 heterocycles. The number of alkyl carbamates (subject to hydrolysis) is 1. The first-order chi connectivity index (χ1) is 20.3. The number of carbonyl (C=O) groups is 1. The van der Waals surface area contributed by atoms with Gasteiger partial charge in [-0.25, -0.2) is 13.6 Å². The van der Waals surface area contributed by atoms with Crippen molar-refractivity contribution in [3.05, 3.63) is 111 Å². The van der Waals surface area contributed by atoms with Gasteiger partial charge < -0.3 is 24.1 Å². The van der Waals surface area contributed by atoms with Crippen LogP contribution in [0, 0.1) is 11.6 Å². The van der Waals surface area contributed by atoms with Crippen molar-refractivity contribution in [3.8, 4) is 5.75 Å². The van der Waals surface area contributed by atoms with Crippen molar-refractivity contribution in [2.75, 3.05) is 27.3 Å². The van der Waals surface area contributed by atoms with Gasteiger partial charge in [0.25, 0.3) is 5.56 Å². The standard InChI is InChI=1S/C32H33F2N3O5/c1-20(22-9-11-23(40-3)12-10-22)36(2)28-18-41-19-29-30(28)24-15-26(33)27(34)16-25(24)31(38)37(29)14-13-35-32(39)42-17-21-7-5-4-6-8-21/h4-12,15-16,20,28H,13-14,17-19H2,1-3H3,(H,35,39)/t20-,28?/m1/s1. The number of nitrogens with one attached hydrogen (secondary N) is 1. The van der Waals surface area contributed by atoms with E-state index in [9.17, 15) is 18.4 Å². The van der Waals surface area contributed by atoms with E-state index >= 15 is 0 Å². The average molecular weight is 578 g/mol. The highest BCUT2D eigenvalue weighted by molar-refractivity contribution is 5.86. The van der Waals surface area contributed by atoms with Gasteiger partial charge in [0.15, 0.2) is 11.6 Å². The van der Waals surface area contributed by atoms with Crippen molar-refractivity contribution in [2.24, 2.45) is 0 Å². The van der Waals surface area contributed by atoms with Gasteiger partial charge in [-0.15, -0.1) is 0 Å². The Hall–Kier alpha value is -4.28. The number of carbonyl (C=O) groups excluding carboxylic acids is 1. The number of rotatable bonds is 9. The number of benzene rings is 3. The predicted molar refractivity (Wildman–Crippen MR) is 154 cm³/mol. The second-order valence-corrected chi connectivity index (χ2v) is 10.3. The lowest BCUT2D eigenvalue weighted by Gasteiger charge is -2.38. The Bertz CT molecular complexity index is 1630. The van der Waals surface area contributed by atoms with E-state index in [0.29, 0.717) is 23.3 Å². The van der Waals surface area contributed by atoms with Crippen LogP contribution in [0.5, 0.6) is 5.75 Å². The number of amides is 1. The monoisotopic (exact) mass is 577 g/mol. The third-order valence-corrected chi connectivity index (χ3v) is 7.83. The molecule has 0 saturated heterocycles. The maximum absolute atomic E-state index is 14.6. The van der Waals surface area contributed by atoms with E-state index in [4.69, 9.17) is 14.2 Å². The van der Waals surface area contributed by atoms with Crippen LogP contribution >= 0.6 is 0 Å². The lowest BCUT2D eigenvalue weighted by atomic mass is 9.93. The molecule has 5 rings (SSSR count). The smallest absolute Gasteiger partial charge is 0.407 e. The molecular weight excluding hydrogens is 544 g/mol. The van der Waals surface area contributed by atoms with Crippen molar-refractivity contribution < 1.29 is 27.8 Å². The second-order valence-electron chi connectivity index (χ2n) is 10.3. The number of ether oxygens (including phenoxy) is 3. The lowest BCUT2D eigenvalue weighted by Crippen LogP contribution is -2.39. The highest BCUT2D eigenvalue weighted by Crippen LogP contribution is 2.38. The zero-order valence-corrected chi connectivity index (χ0v) is 23.7. The quantitative estimate of drug-likeness (QED) is 0.284. The molecule has 0 radical (unpaired) electrons. The van der Waals surface area contributed by atoms with E-state index < -0.39 is 23.3 Å². The van der Waals surface area contributed by atoms with Gasteiger partial charge in [-0.05, 0) is 54.8 Å². The molecule has 4 aromatic rings. The van der Waals surface area contributed by atoms with E-state index in [1.165, 1.54) is 4.57 Å². The van der Waals surface area contributed by atoms with E-state index in [-0.39, 0.29) is 43.8 Å². The van der Waals surface area contributed by atoms with Crippen molar-refractivity contribution in [1.82, 2.24) is 14.8 Å². The van der Waals surface area contributed by atoms with Gasteiger partial charge in [0.2, 0.25) is 0 Å². The van der Waals surface area contributed by atoms with Crippen LogP contribution < -0.4 is 15.6 Å². The van der Waals surface area contributed by atoms with Crippen molar-refractivity contribution >= 4 is 16.9 Å². The second kappa shape index (κ2) is 12.7. The summed E-state index contributed by atoms with van der Waals surface area (Å²) >= 11 is 0. The first-order valence-corrected chi connectivity index (χ1v) is 13.7. The molecule has 0 aliphatic carbocycles. The zero-order valence-electron chi connectivity index (χ0n) is 23.7. The Labute approximate surface area is 242 Å². The molecule has 220 valence electrons. The molecule has 10 heteroatoms. The Morgan fingerprint density at radius 2 is 1.79 bits per heavy atom. The minimum Gasteiger partial charge on any atom is -0.497 e. The molecule has 1 amide bonds. The number of aromatic nitrogens is 1. The first kappa shape index (κ1) is 29.2. The molecule has 1 aliphatic heterocycles. The molecule has 0 saturated carbocycles. The molecule has 0 fully saturated rings. The van der Waals surface area contributed by atoms with Crippen molar-refractivity contribution in [2.45, 2.75) is 38.8 Å². The molecule has 1 aromatic heterocycles. The fourth-order valence-corrected chi connectivity index (χ4v) is 5.38. The van der Waals surface area contributed by atoms with Crippen LogP contribution in [-0.2, 0) is 29.2 Å². The summed E-state index contributed by atoms with van der Waals surface area (Å²) in [5, 5.41) is 3.09. The minimum atomic E-state index is -1.10. The SMILES string of the molecule is COc1ccc([C@@H](C)N(C)C2COCc3c2c2cc(F)c(F)cc2c(=O)n3CCNC(=O)OCc2ccccc2)cc1. The molecule has 0 bridgehead atoms. The molecule has 42 heavy (non-hydrogen) atoms. The molecule has 1 unspecified atom stereocenters. The lowest BCUT2D eigenvalue weighted by molar-refractivity contribution is 0.0248. The Kier molecular flexibility index (Phi) is 8.84. The van der Waals surface area contributed by atoms with Crippen LogP contribution in [0.4, 0.5) is 13.6 Å². The number of hydrogen-bond donors (Lipinski definition) is 1. The number of pyridine rings is 1. The Morgan fingerprint density at radius 1 is 1.10 bits per heavy atom. The summed E-state index contributed by atoms with van der Waals surface area (Å²) in [5.41, 5.74) is 2.64. The number of nitrogens with zero attached hydrogens (tertiary/aromatic N) is 2. The van der Waals surface area contributed by atoms with Crippen LogP contribution in [-0.4, -0.2) is 42.9 Å². The van der Waals surface area contributed by atoms with Gasteiger partial charge in [0.1, 0.15) is 12.4 Å². The topological polar surface area (TPSA) is 82.0 Å². The highest BCUT2D eigenvalue weighted by Gasteiger charge is 2.33. The summed E-state index contributed by atoms with van der Waals surface area (Å²) in [7, 11) is 3.54. The van der Waals surface area contributed by atoms with Crippen LogP contribution in [0.15, 0.2) is 71.5 Å². The summed E-state index contributed by atoms with van der Waals surface area (Å²) < 4.78 is 47.0. The number of halogens is 2. The van der Waals surface area contributed by atoms with Crippen LogP contribution in [0.3, 0.4) is 0 Å². The largest absolute Gasteiger partial charge is 0.497 e. The van der Waals surface area contributed by atoms with Crippen LogP contribution in [0.2, 0.25) is 0 Å². The van der Waals surface area contributed by atoms with E-state index in [0.717, 1.165) is 29.0 Å². The molecule has 1 N–H and O–H groups in total. The molecule has 8 nitrogen and oxygen atoms in total. The molecule has 2 atom stereocenters. The first-order valence-electron chi connectivity index (χ1n) is 13.7. The van der Waals surface area contributed by atoms with Crippen LogP contribution in [0.1, 0.15) is 41.4 Å². The predicted octanol–water partition coefficient (Wildman–Crippen LogP) is 5.48. The van der Waals surface area contributed by atoms with E-state index in [1.807, 2.05) is 68.6 Å². The van der Waals surface area contributed by atoms with Gasteiger partial charge in [0, 0.05) is 24.7 Å². The van der Waals surface area contributed by atoms with E-state index in [2.05, 4.69) is 10.2 Å². The van der Waals surface area contributed by atoms with Gasteiger partial charge in [-0.2, -0.15) is 0 Å². The normalized spacial score (nSPS) is 15.3. The molecular formula is C32H33F2N3O5. The average Bonchev–Trinajstić information content (AvgIpc) is 3.02. The molecule has 0 spiro atoms. The van der Waals surface area contributed by atoms with Gasteiger partial charge in [0.05, 0.1) is 37.4 Å². The Balaban J connectivity index is 1.44. The highest BCUT2D eigenvalue weighted by atomic mass is 19.2. The summed E-state index contributed by atoms with van der Waals surface area (Å²) in [6.45, 7) is 2.72. The summed E-state index contributed by atoms with van der Waals surface area (Å²) in [6.07, 6.45) is -0.628. The van der Waals surface area contributed by atoms with Gasteiger partial charge in [-0.3, -0.25) is 9.69 Å². The third kappa shape index (κ3) is 6.00. The van der Waals surface area contributed by atoms with Gasteiger partial charge in [-0.1, -0.05) is 42.5 Å².